The Balaban J connectivity index is 1.65. The number of nitrogens with zero attached hydrogens (tertiary/aromatic N) is 1. The van der Waals surface area contributed by atoms with E-state index in [2.05, 4.69) is 10.3 Å². The van der Waals surface area contributed by atoms with Crippen LogP contribution in [-0.2, 0) is 4.79 Å². The second kappa shape index (κ2) is 4.62. The standard InChI is InChI=1S/C16H17N3O2/c20-15-11-5-3-7-19(14(11)9-17-15)16(21)13-8-10-4-1-2-6-12(10)18-13/h1-2,4,6,8,11,14,18H,3,5,7,9H2,(H,17,20). The summed E-state index contributed by atoms with van der Waals surface area (Å²) < 4.78 is 0. The van der Waals surface area contributed by atoms with Crippen LogP contribution in [0.5, 0.6) is 0 Å². The van der Waals surface area contributed by atoms with Crippen LogP contribution in [-0.4, -0.2) is 40.8 Å². The molecule has 2 aliphatic rings. The van der Waals surface area contributed by atoms with Crippen molar-refractivity contribution in [1.82, 2.24) is 15.2 Å². The maximum Gasteiger partial charge on any atom is 0.270 e. The highest BCUT2D eigenvalue weighted by atomic mass is 16.2. The molecular weight excluding hydrogens is 266 g/mol. The Morgan fingerprint density at radius 2 is 2.14 bits per heavy atom. The summed E-state index contributed by atoms with van der Waals surface area (Å²) in [5.74, 6) is 0.0543. The molecule has 2 saturated heterocycles. The van der Waals surface area contributed by atoms with Crippen LogP contribution in [0.3, 0.4) is 0 Å². The van der Waals surface area contributed by atoms with E-state index in [0.29, 0.717) is 12.2 Å². The van der Waals surface area contributed by atoms with E-state index in [1.54, 1.807) is 0 Å². The Kier molecular flexibility index (Phi) is 2.74. The van der Waals surface area contributed by atoms with Gasteiger partial charge >= 0.3 is 0 Å². The van der Waals surface area contributed by atoms with E-state index >= 15 is 0 Å². The maximum absolute atomic E-state index is 12.8. The molecule has 0 saturated carbocycles. The number of benzene rings is 1. The Bertz CT molecular complexity index is 688. The predicted octanol–water partition coefficient (Wildman–Crippen LogP) is 1.52. The first kappa shape index (κ1) is 12.4. The number of rotatable bonds is 1. The zero-order valence-electron chi connectivity index (χ0n) is 11.6. The fourth-order valence-corrected chi connectivity index (χ4v) is 3.55. The van der Waals surface area contributed by atoms with E-state index < -0.39 is 0 Å². The Labute approximate surface area is 122 Å². The second-order valence-electron chi connectivity index (χ2n) is 5.83. The number of hydrogen-bond acceptors (Lipinski definition) is 2. The SMILES string of the molecule is O=C1NCC2C1CCCN2C(=O)c1cc2ccccc2[nH]1. The first-order chi connectivity index (χ1) is 10.2. The van der Waals surface area contributed by atoms with Crippen LogP contribution in [0.4, 0.5) is 0 Å². The quantitative estimate of drug-likeness (QED) is 0.833. The molecule has 1 aromatic carbocycles. The van der Waals surface area contributed by atoms with Gasteiger partial charge in [0.25, 0.3) is 5.91 Å². The number of fused-ring (bicyclic) bond motifs is 2. The molecule has 2 N–H and O–H groups in total. The average molecular weight is 283 g/mol. The van der Waals surface area contributed by atoms with Crippen molar-refractivity contribution in [2.45, 2.75) is 18.9 Å². The summed E-state index contributed by atoms with van der Waals surface area (Å²) in [7, 11) is 0. The van der Waals surface area contributed by atoms with Crippen LogP contribution in [0.25, 0.3) is 10.9 Å². The molecule has 2 fully saturated rings. The zero-order chi connectivity index (χ0) is 14.4. The molecule has 108 valence electrons. The number of likely N-dealkylation sites (tertiary alicyclic amines) is 1. The minimum absolute atomic E-state index is 0.00241. The molecular formula is C16H17N3O2. The topological polar surface area (TPSA) is 65.2 Å². The zero-order valence-corrected chi connectivity index (χ0v) is 11.6. The van der Waals surface area contributed by atoms with Crippen molar-refractivity contribution in [2.24, 2.45) is 5.92 Å². The lowest BCUT2D eigenvalue weighted by Gasteiger charge is -2.35. The Morgan fingerprint density at radius 3 is 3.00 bits per heavy atom. The van der Waals surface area contributed by atoms with Crippen molar-refractivity contribution in [3.8, 4) is 0 Å². The molecule has 1 aromatic heterocycles. The fourth-order valence-electron chi connectivity index (χ4n) is 3.55. The molecule has 2 aliphatic heterocycles. The Morgan fingerprint density at radius 1 is 1.29 bits per heavy atom. The molecule has 21 heavy (non-hydrogen) atoms. The first-order valence-corrected chi connectivity index (χ1v) is 7.40. The van der Waals surface area contributed by atoms with Gasteiger partial charge in [-0.2, -0.15) is 0 Å². The van der Waals surface area contributed by atoms with Gasteiger partial charge in [0.05, 0.1) is 12.0 Å². The fraction of sp³-hybridized carbons (Fsp3) is 0.375. The summed E-state index contributed by atoms with van der Waals surface area (Å²) in [6.45, 7) is 1.31. The second-order valence-corrected chi connectivity index (χ2v) is 5.83. The van der Waals surface area contributed by atoms with Crippen LogP contribution in [0, 0.1) is 5.92 Å². The maximum atomic E-state index is 12.8. The van der Waals surface area contributed by atoms with Gasteiger partial charge in [-0.15, -0.1) is 0 Å². The largest absolute Gasteiger partial charge is 0.354 e. The lowest BCUT2D eigenvalue weighted by molar-refractivity contribution is -0.123. The van der Waals surface area contributed by atoms with E-state index in [0.717, 1.165) is 30.3 Å². The molecule has 2 aromatic rings. The third-order valence-corrected chi connectivity index (χ3v) is 4.62. The van der Waals surface area contributed by atoms with Crippen LogP contribution in [0.2, 0.25) is 0 Å². The number of aromatic nitrogens is 1. The number of amides is 2. The van der Waals surface area contributed by atoms with Crippen LogP contribution in [0.1, 0.15) is 23.3 Å². The van der Waals surface area contributed by atoms with Crippen LogP contribution < -0.4 is 5.32 Å². The average Bonchev–Trinajstić information content (AvgIpc) is 3.10. The summed E-state index contributed by atoms with van der Waals surface area (Å²) in [5, 5.41) is 3.92. The van der Waals surface area contributed by atoms with E-state index in [9.17, 15) is 9.59 Å². The van der Waals surface area contributed by atoms with Crippen LogP contribution in [0.15, 0.2) is 30.3 Å². The van der Waals surface area contributed by atoms with Gasteiger partial charge in [-0.25, -0.2) is 0 Å². The first-order valence-electron chi connectivity index (χ1n) is 7.40. The molecule has 2 atom stereocenters. The number of piperidine rings is 1. The molecule has 3 heterocycles. The van der Waals surface area contributed by atoms with Crippen molar-refractivity contribution in [3.05, 3.63) is 36.0 Å². The summed E-state index contributed by atoms with van der Waals surface area (Å²) >= 11 is 0. The number of aromatic amines is 1. The number of para-hydroxylation sites is 1. The summed E-state index contributed by atoms with van der Waals surface area (Å²) in [5.41, 5.74) is 1.58. The van der Waals surface area contributed by atoms with Crippen LogP contribution >= 0.6 is 0 Å². The lowest BCUT2D eigenvalue weighted by atomic mass is 9.91. The molecule has 0 spiro atoms. The van der Waals surface area contributed by atoms with Crippen molar-refractivity contribution >= 4 is 22.7 Å². The third-order valence-electron chi connectivity index (χ3n) is 4.62. The third kappa shape index (κ3) is 1.92. The number of nitrogens with one attached hydrogen (secondary N) is 2. The number of carbonyl (C=O) groups excluding carboxylic acids is 2. The van der Waals surface area contributed by atoms with Gasteiger partial charge in [0.2, 0.25) is 5.91 Å². The van der Waals surface area contributed by atoms with Crippen molar-refractivity contribution in [1.29, 1.82) is 0 Å². The van der Waals surface area contributed by atoms with Gasteiger partial charge in [0, 0.05) is 24.0 Å². The molecule has 2 unspecified atom stereocenters. The predicted molar refractivity (Wildman–Crippen MR) is 78.9 cm³/mol. The van der Waals surface area contributed by atoms with Gasteiger partial charge < -0.3 is 15.2 Å². The van der Waals surface area contributed by atoms with E-state index in [1.165, 1.54) is 0 Å². The molecule has 0 aliphatic carbocycles. The number of hydrogen-bond donors (Lipinski definition) is 2. The molecule has 5 heteroatoms. The minimum atomic E-state index is -0.0351. The smallest absolute Gasteiger partial charge is 0.270 e. The minimum Gasteiger partial charge on any atom is -0.354 e. The molecule has 5 nitrogen and oxygen atoms in total. The highest BCUT2D eigenvalue weighted by Crippen LogP contribution is 2.29. The van der Waals surface area contributed by atoms with E-state index in [1.807, 2.05) is 35.2 Å². The van der Waals surface area contributed by atoms with Crippen molar-refractivity contribution in [3.63, 3.8) is 0 Å². The highest BCUT2D eigenvalue weighted by molar-refractivity contribution is 5.98. The van der Waals surface area contributed by atoms with E-state index in [4.69, 9.17) is 0 Å². The molecule has 0 bridgehead atoms. The van der Waals surface area contributed by atoms with Gasteiger partial charge in [-0.05, 0) is 25.0 Å². The normalized spacial score (nSPS) is 25.0. The van der Waals surface area contributed by atoms with Gasteiger partial charge in [-0.3, -0.25) is 9.59 Å². The number of carbonyl (C=O) groups is 2. The monoisotopic (exact) mass is 283 g/mol. The summed E-state index contributed by atoms with van der Waals surface area (Å²) in [6, 6.07) is 9.76. The molecule has 2 amide bonds. The van der Waals surface area contributed by atoms with E-state index in [-0.39, 0.29) is 23.8 Å². The van der Waals surface area contributed by atoms with Crippen molar-refractivity contribution < 1.29 is 9.59 Å². The number of H-pyrrole nitrogens is 1. The lowest BCUT2D eigenvalue weighted by Crippen LogP contribution is -2.48. The highest BCUT2D eigenvalue weighted by Gasteiger charge is 2.42. The van der Waals surface area contributed by atoms with Crippen molar-refractivity contribution in [2.75, 3.05) is 13.1 Å². The van der Waals surface area contributed by atoms with Gasteiger partial charge in [-0.1, -0.05) is 18.2 Å². The molecule has 4 rings (SSSR count). The van der Waals surface area contributed by atoms with Gasteiger partial charge in [0.1, 0.15) is 5.69 Å². The molecule has 0 radical (unpaired) electrons. The van der Waals surface area contributed by atoms with Gasteiger partial charge in [0.15, 0.2) is 0 Å². The summed E-state index contributed by atoms with van der Waals surface area (Å²) in [6.07, 6.45) is 1.77. The Hall–Kier alpha value is -2.30. The summed E-state index contributed by atoms with van der Waals surface area (Å²) in [4.78, 5) is 29.6.